The zero-order valence-corrected chi connectivity index (χ0v) is 12.1. The standard InChI is InChI=1S/C14H9ClF2N2OS/c15-10-2-1-3-11-12(10)19(14(21)18-11)8-4-6-9(7-5-8)20-13(16)17/h1-7,13H,(H,18,21). The minimum Gasteiger partial charge on any atom is -0.435 e. The van der Waals surface area contributed by atoms with E-state index in [2.05, 4.69) is 9.72 Å². The number of nitrogens with zero attached hydrogens (tertiary/aromatic N) is 1. The molecule has 2 aromatic carbocycles. The Morgan fingerprint density at radius 1 is 1.14 bits per heavy atom. The van der Waals surface area contributed by atoms with Crippen molar-refractivity contribution < 1.29 is 13.5 Å². The van der Waals surface area contributed by atoms with Crippen LogP contribution in [0.5, 0.6) is 5.75 Å². The molecule has 0 unspecified atom stereocenters. The fourth-order valence-electron chi connectivity index (χ4n) is 2.14. The maximum absolute atomic E-state index is 12.2. The van der Waals surface area contributed by atoms with Crippen LogP contribution in [-0.2, 0) is 0 Å². The van der Waals surface area contributed by atoms with Gasteiger partial charge in [0.2, 0.25) is 0 Å². The van der Waals surface area contributed by atoms with E-state index in [1.807, 2.05) is 12.1 Å². The van der Waals surface area contributed by atoms with Crippen molar-refractivity contribution in [2.24, 2.45) is 0 Å². The summed E-state index contributed by atoms with van der Waals surface area (Å²) >= 11 is 11.5. The highest BCUT2D eigenvalue weighted by Crippen LogP contribution is 2.27. The summed E-state index contributed by atoms with van der Waals surface area (Å²) in [7, 11) is 0. The van der Waals surface area contributed by atoms with Crippen LogP contribution < -0.4 is 4.74 Å². The van der Waals surface area contributed by atoms with Crippen molar-refractivity contribution in [1.82, 2.24) is 9.55 Å². The first-order chi connectivity index (χ1) is 10.1. The molecule has 0 saturated carbocycles. The summed E-state index contributed by atoms with van der Waals surface area (Å²) in [5.41, 5.74) is 2.26. The van der Waals surface area contributed by atoms with Gasteiger partial charge >= 0.3 is 6.61 Å². The van der Waals surface area contributed by atoms with Crippen LogP contribution in [0.2, 0.25) is 5.02 Å². The van der Waals surface area contributed by atoms with E-state index in [-0.39, 0.29) is 5.75 Å². The SMILES string of the molecule is FC(F)Oc1ccc(-n2c(=S)[nH]c3cccc(Cl)c32)cc1. The Kier molecular flexibility index (Phi) is 3.65. The number of aromatic amines is 1. The minimum atomic E-state index is -2.85. The smallest absolute Gasteiger partial charge is 0.387 e. The lowest BCUT2D eigenvalue weighted by Gasteiger charge is -2.08. The average Bonchev–Trinajstić information content (AvgIpc) is 2.77. The largest absolute Gasteiger partial charge is 0.435 e. The Labute approximate surface area is 128 Å². The Morgan fingerprint density at radius 3 is 2.52 bits per heavy atom. The van der Waals surface area contributed by atoms with Crippen molar-refractivity contribution in [2.45, 2.75) is 6.61 Å². The van der Waals surface area contributed by atoms with E-state index in [9.17, 15) is 8.78 Å². The van der Waals surface area contributed by atoms with Crippen molar-refractivity contribution >= 4 is 34.9 Å². The fraction of sp³-hybridized carbons (Fsp3) is 0.0714. The molecule has 0 aliphatic carbocycles. The van der Waals surface area contributed by atoms with Crippen LogP contribution >= 0.6 is 23.8 Å². The third-order valence-corrected chi connectivity index (χ3v) is 3.56. The van der Waals surface area contributed by atoms with Crippen molar-refractivity contribution in [3.05, 3.63) is 52.3 Å². The summed E-state index contributed by atoms with van der Waals surface area (Å²) in [5.74, 6) is 0.0891. The molecule has 1 aromatic heterocycles. The first-order valence-corrected chi connectivity index (χ1v) is 6.79. The molecule has 0 radical (unpaired) electrons. The molecule has 0 fully saturated rings. The van der Waals surface area contributed by atoms with E-state index in [4.69, 9.17) is 23.8 Å². The Hall–Kier alpha value is -1.92. The predicted octanol–water partition coefficient (Wildman–Crippen LogP) is 4.94. The molecule has 0 amide bonds. The van der Waals surface area contributed by atoms with Gasteiger partial charge in [0.25, 0.3) is 0 Å². The Morgan fingerprint density at radius 2 is 1.86 bits per heavy atom. The van der Waals surface area contributed by atoms with E-state index >= 15 is 0 Å². The summed E-state index contributed by atoms with van der Waals surface area (Å²) in [6.07, 6.45) is 0. The second-order valence-corrected chi connectivity index (χ2v) is 5.07. The number of H-pyrrole nitrogens is 1. The van der Waals surface area contributed by atoms with Crippen molar-refractivity contribution in [3.63, 3.8) is 0 Å². The maximum Gasteiger partial charge on any atom is 0.387 e. The van der Waals surface area contributed by atoms with Gasteiger partial charge in [0.15, 0.2) is 4.77 Å². The molecule has 1 N–H and O–H groups in total. The van der Waals surface area contributed by atoms with Crippen LogP contribution in [0, 0.1) is 4.77 Å². The second kappa shape index (κ2) is 5.46. The summed E-state index contributed by atoms with van der Waals surface area (Å²) in [4.78, 5) is 3.06. The zero-order valence-electron chi connectivity index (χ0n) is 10.5. The Balaban J connectivity index is 2.12. The van der Waals surface area contributed by atoms with E-state index in [0.717, 1.165) is 11.0 Å². The van der Waals surface area contributed by atoms with Gasteiger partial charge < -0.3 is 9.72 Å². The quantitative estimate of drug-likeness (QED) is 0.691. The molecular weight excluding hydrogens is 318 g/mol. The number of fused-ring (bicyclic) bond motifs is 1. The molecule has 0 bridgehead atoms. The lowest BCUT2D eigenvalue weighted by Crippen LogP contribution is -2.02. The molecule has 3 nitrogen and oxygen atoms in total. The predicted molar refractivity (Wildman–Crippen MR) is 80.1 cm³/mol. The number of aromatic nitrogens is 2. The van der Waals surface area contributed by atoms with Crippen molar-refractivity contribution in [1.29, 1.82) is 0 Å². The molecule has 21 heavy (non-hydrogen) atoms. The molecule has 0 aliphatic rings. The number of hydrogen-bond donors (Lipinski definition) is 1. The van der Waals surface area contributed by atoms with Crippen LogP contribution in [0.3, 0.4) is 0 Å². The van der Waals surface area contributed by atoms with Gasteiger partial charge in [0.05, 0.1) is 16.1 Å². The molecule has 3 aromatic rings. The topological polar surface area (TPSA) is 29.9 Å². The van der Waals surface area contributed by atoms with E-state index in [0.29, 0.717) is 15.5 Å². The number of rotatable bonds is 3. The van der Waals surface area contributed by atoms with Gasteiger partial charge in [0.1, 0.15) is 5.75 Å². The molecule has 0 spiro atoms. The van der Waals surface area contributed by atoms with Crippen LogP contribution in [0.1, 0.15) is 0 Å². The van der Waals surface area contributed by atoms with Crippen molar-refractivity contribution in [2.75, 3.05) is 0 Å². The van der Waals surface area contributed by atoms with Crippen molar-refractivity contribution in [3.8, 4) is 11.4 Å². The highest BCUT2D eigenvalue weighted by Gasteiger charge is 2.10. The molecule has 108 valence electrons. The fourth-order valence-corrected chi connectivity index (χ4v) is 2.70. The summed E-state index contributed by atoms with van der Waals surface area (Å²) in [5, 5.41) is 0.549. The van der Waals surface area contributed by atoms with Gasteiger partial charge in [-0.3, -0.25) is 4.57 Å². The zero-order chi connectivity index (χ0) is 15.0. The molecule has 3 rings (SSSR count). The number of ether oxygens (including phenoxy) is 1. The third-order valence-electron chi connectivity index (χ3n) is 2.98. The number of para-hydroxylation sites is 1. The van der Waals surface area contributed by atoms with Gasteiger partial charge in [-0.25, -0.2) is 0 Å². The van der Waals surface area contributed by atoms with E-state index < -0.39 is 6.61 Å². The van der Waals surface area contributed by atoms with E-state index in [1.165, 1.54) is 12.1 Å². The molecule has 1 heterocycles. The first kappa shape index (κ1) is 14.0. The number of nitrogens with one attached hydrogen (secondary N) is 1. The third kappa shape index (κ3) is 2.64. The highest BCUT2D eigenvalue weighted by molar-refractivity contribution is 7.71. The number of imidazole rings is 1. The van der Waals surface area contributed by atoms with E-state index in [1.54, 1.807) is 22.8 Å². The van der Waals surface area contributed by atoms with Gasteiger partial charge in [-0.15, -0.1) is 0 Å². The summed E-state index contributed by atoms with van der Waals surface area (Å²) in [6.45, 7) is -2.85. The van der Waals surface area contributed by atoms with Crippen LogP contribution in [0.25, 0.3) is 16.7 Å². The molecule has 7 heteroatoms. The lowest BCUT2D eigenvalue weighted by molar-refractivity contribution is -0.0498. The van der Waals surface area contributed by atoms with Crippen LogP contribution in [0.15, 0.2) is 42.5 Å². The number of benzene rings is 2. The van der Waals surface area contributed by atoms with Gasteiger partial charge in [-0.05, 0) is 48.6 Å². The molecule has 0 atom stereocenters. The number of alkyl halides is 2. The number of halogens is 3. The highest BCUT2D eigenvalue weighted by atomic mass is 35.5. The Bertz CT molecular complexity index is 842. The lowest BCUT2D eigenvalue weighted by atomic mass is 10.2. The first-order valence-electron chi connectivity index (χ1n) is 6.01. The normalized spacial score (nSPS) is 11.2. The summed E-state index contributed by atoms with van der Waals surface area (Å²) in [6, 6.07) is 11.6. The van der Waals surface area contributed by atoms with Gasteiger partial charge in [-0.2, -0.15) is 8.78 Å². The van der Waals surface area contributed by atoms with Gasteiger partial charge in [-0.1, -0.05) is 17.7 Å². The monoisotopic (exact) mass is 326 g/mol. The van der Waals surface area contributed by atoms with Crippen LogP contribution in [-0.4, -0.2) is 16.2 Å². The van der Waals surface area contributed by atoms with Crippen LogP contribution in [0.4, 0.5) is 8.78 Å². The molecule has 0 saturated heterocycles. The van der Waals surface area contributed by atoms with Gasteiger partial charge in [0, 0.05) is 5.69 Å². The molecular formula is C14H9ClF2N2OS. The average molecular weight is 327 g/mol. The summed E-state index contributed by atoms with van der Waals surface area (Å²) < 4.78 is 30.9. The maximum atomic E-state index is 12.2. The minimum absolute atomic E-state index is 0.0891. The molecule has 0 aliphatic heterocycles. The number of hydrogen-bond acceptors (Lipinski definition) is 2. The second-order valence-electron chi connectivity index (χ2n) is 4.27.